The normalized spacial score (nSPS) is 12.1. The summed E-state index contributed by atoms with van der Waals surface area (Å²) in [6.45, 7) is 0.169. The first-order valence-electron chi connectivity index (χ1n) is 10.1. The summed E-state index contributed by atoms with van der Waals surface area (Å²) in [4.78, 5) is 13.0. The minimum absolute atomic E-state index is 0.0443. The van der Waals surface area contributed by atoms with Crippen LogP contribution in [0.1, 0.15) is 11.1 Å². The molecule has 0 spiro atoms. The number of amides is 1. The Bertz CT molecular complexity index is 1200. The Hall–Kier alpha value is -3.07. The van der Waals surface area contributed by atoms with Gasteiger partial charge in [-0.05, 0) is 35.7 Å². The van der Waals surface area contributed by atoms with Gasteiger partial charge in [0.2, 0.25) is 15.9 Å². The molecule has 3 aromatic carbocycles. The fourth-order valence-electron chi connectivity index (χ4n) is 3.22. The number of hydrogen-bond donors (Lipinski definition) is 2. The lowest BCUT2D eigenvalue weighted by Gasteiger charge is -2.19. The van der Waals surface area contributed by atoms with Crippen molar-refractivity contribution in [2.75, 3.05) is 14.2 Å². The molecule has 7 nitrogen and oxygen atoms in total. The molecule has 0 heterocycles. The second-order valence-corrected chi connectivity index (χ2v) is 9.31. The highest BCUT2D eigenvalue weighted by Crippen LogP contribution is 2.29. The maximum Gasteiger partial charge on any atom is 0.241 e. The Morgan fingerprint density at radius 1 is 0.939 bits per heavy atom. The van der Waals surface area contributed by atoms with E-state index in [4.69, 9.17) is 21.1 Å². The Kier molecular flexibility index (Phi) is 8.32. The molecule has 3 aromatic rings. The van der Waals surface area contributed by atoms with Gasteiger partial charge in [0.05, 0.1) is 19.1 Å². The van der Waals surface area contributed by atoms with Gasteiger partial charge >= 0.3 is 0 Å². The highest BCUT2D eigenvalue weighted by atomic mass is 35.5. The van der Waals surface area contributed by atoms with Crippen LogP contribution in [0.5, 0.6) is 11.5 Å². The van der Waals surface area contributed by atoms with Gasteiger partial charge in [0.15, 0.2) is 11.5 Å². The topological polar surface area (TPSA) is 93.7 Å². The summed E-state index contributed by atoms with van der Waals surface area (Å²) in [5.41, 5.74) is 1.54. The first-order chi connectivity index (χ1) is 15.8. The van der Waals surface area contributed by atoms with Gasteiger partial charge in [-0.25, -0.2) is 8.42 Å². The van der Waals surface area contributed by atoms with Crippen molar-refractivity contribution in [2.24, 2.45) is 0 Å². The molecule has 1 amide bonds. The maximum absolute atomic E-state index is 13.1. The van der Waals surface area contributed by atoms with E-state index < -0.39 is 22.0 Å². The van der Waals surface area contributed by atoms with Crippen LogP contribution >= 0.6 is 11.6 Å². The number of hydrogen-bond acceptors (Lipinski definition) is 5. The van der Waals surface area contributed by atoms with Gasteiger partial charge in [0, 0.05) is 17.6 Å². The van der Waals surface area contributed by atoms with E-state index in [9.17, 15) is 13.2 Å². The second-order valence-electron chi connectivity index (χ2n) is 7.19. The molecule has 0 saturated heterocycles. The molecule has 0 aliphatic heterocycles. The zero-order valence-electron chi connectivity index (χ0n) is 18.2. The minimum Gasteiger partial charge on any atom is -0.493 e. The molecule has 0 fully saturated rings. The smallest absolute Gasteiger partial charge is 0.241 e. The third-order valence-corrected chi connectivity index (χ3v) is 6.81. The molecule has 174 valence electrons. The van der Waals surface area contributed by atoms with Crippen LogP contribution in [0.2, 0.25) is 5.02 Å². The van der Waals surface area contributed by atoms with E-state index in [-0.39, 0.29) is 23.6 Å². The molecular formula is C24H25ClN2O5S. The first kappa shape index (κ1) is 24.6. The van der Waals surface area contributed by atoms with Crippen molar-refractivity contribution in [3.8, 4) is 11.5 Å². The van der Waals surface area contributed by atoms with Crippen molar-refractivity contribution >= 4 is 27.5 Å². The van der Waals surface area contributed by atoms with Crippen LogP contribution in [0, 0.1) is 0 Å². The molecule has 9 heteroatoms. The van der Waals surface area contributed by atoms with Gasteiger partial charge in [0.25, 0.3) is 0 Å². The Balaban J connectivity index is 1.84. The molecule has 1 atom stereocenters. The summed E-state index contributed by atoms with van der Waals surface area (Å²) in [5.74, 6) is 0.195. The Morgan fingerprint density at radius 2 is 1.61 bits per heavy atom. The van der Waals surface area contributed by atoms with Crippen molar-refractivity contribution in [1.29, 1.82) is 0 Å². The molecule has 33 heavy (non-hydrogen) atoms. The van der Waals surface area contributed by atoms with Crippen molar-refractivity contribution in [2.45, 2.75) is 23.9 Å². The fraction of sp³-hybridized carbons (Fsp3) is 0.208. The van der Waals surface area contributed by atoms with Crippen LogP contribution < -0.4 is 19.5 Å². The number of ether oxygens (including phenoxy) is 2. The fourth-order valence-corrected chi connectivity index (χ4v) is 4.64. The number of benzene rings is 3. The highest BCUT2D eigenvalue weighted by Gasteiger charge is 2.27. The summed E-state index contributed by atoms with van der Waals surface area (Å²) in [6, 6.07) is 19.5. The van der Waals surface area contributed by atoms with Crippen LogP contribution in [-0.2, 0) is 27.8 Å². The average molecular weight is 489 g/mol. The van der Waals surface area contributed by atoms with Gasteiger partial charge in [-0.2, -0.15) is 4.72 Å². The second kappa shape index (κ2) is 11.2. The Morgan fingerprint density at radius 3 is 2.27 bits per heavy atom. The van der Waals surface area contributed by atoms with E-state index in [1.807, 2.05) is 36.4 Å². The number of rotatable bonds is 10. The monoisotopic (exact) mass is 488 g/mol. The minimum atomic E-state index is -4.05. The number of carbonyl (C=O) groups is 1. The first-order valence-corrected chi connectivity index (χ1v) is 12.0. The van der Waals surface area contributed by atoms with Gasteiger partial charge < -0.3 is 14.8 Å². The van der Waals surface area contributed by atoms with Crippen LogP contribution in [0.3, 0.4) is 0 Å². The lowest BCUT2D eigenvalue weighted by atomic mass is 10.1. The van der Waals surface area contributed by atoms with Crippen molar-refractivity contribution in [1.82, 2.24) is 10.0 Å². The maximum atomic E-state index is 13.1. The Labute approximate surface area is 198 Å². The van der Waals surface area contributed by atoms with E-state index >= 15 is 0 Å². The van der Waals surface area contributed by atoms with Crippen LogP contribution in [0.4, 0.5) is 0 Å². The van der Waals surface area contributed by atoms with E-state index in [2.05, 4.69) is 10.0 Å². The number of halogens is 1. The van der Waals surface area contributed by atoms with Crippen LogP contribution in [0.25, 0.3) is 0 Å². The van der Waals surface area contributed by atoms with E-state index in [1.165, 1.54) is 32.4 Å². The quantitative estimate of drug-likeness (QED) is 0.455. The number of methoxy groups -OCH3 is 2. The van der Waals surface area contributed by atoms with E-state index in [0.717, 1.165) is 11.1 Å². The third kappa shape index (κ3) is 6.47. The predicted molar refractivity (Wildman–Crippen MR) is 127 cm³/mol. The summed E-state index contributed by atoms with van der Waals surface area (Å²) in [7, 11) is -1.17. The molecule has 0 radical (unpaired) electrons. The summed E-state index contributed by atoms with van der Waals surface area (Å²) >= 11 is 6.17. The van der Waals surface area contributed by atoms with Gasteiger partial charge in [-0.3, -0.25) is 4.79 Å². The molecule has 3 rings (SSSR count). The molecule has 2 N–H and O–H groups in total. The summed E-state index contributed by atoms with van der Waals surface area (Å²) < 4.78 is 39.2. The van der Waals surface area contributed by atoms with Crippen molar-refractivity contribution in [3.05, 3.63) is 88.9 Å². The van der Waals surface area contributed by atoms with Gasteiger partial charge in [-0.15, -0.1) is 0 Å². The zero-order chi connectivity index (χ0) is 23.8. The molecule has 0 saturated carbocycles. The average Bonchev–Trinajstić information content (AvgIpc) is 2.83. The van der Waals surface area contributed by atoms with Crippen LogP contribution in [0.15, 0.2) is 77.7 Å². The van der Waals surface area contributed by atoms with Crippen molar-refractivity contribution in [3.63, 3.8) is 0 Å². The largest absolute Gasteiger partial charge is 0.493 e. The molecule has 0 aliphatic carbocycles. The molecule has 0 bridgehead atoms. The standard InChI is InChI=1S/C24H25ClN2O5S/c1-31-22-13-12-19(15-23(22)32-2)33(29,30)27-21(14-17-8-4-3-5-9-17)24(28)26-16-18-10-6-7-11-20(18)25/h3-13,15,21,27H,14,16H2,1-2H3,(H,26,28). The lowest BCUT2D eigenvalue weighted by molar-refractivity contribution is -0.122. The van der Waals surface area contributed by atoms with Crippen LogP contribution in [-0.4, -0.2) is 34.6 Å². The lowest BCUT2D eigenvalue weighted by Crippen LogP contribution is -2.47. The molecule has 0 aliphatic rings. The molecule has 0 aromatic heterocycles. The highest BCUT2D eigenvalue weighted by molar-refractivity contribution is 7.89. The molecule has 1 unspecified atom stereocenters. The molecular weight excluding hydrogens is 464 g/mol. The number of sulfonamides is 1. The number of carbonyl (C=O) groups excluding carboxylic acids is 1. The predicted octanol–water partition coefficient (Wildman–Crippen LogP) is 3.56. The van der Waals surface area contributed by atoms with Gasteiger partial charge in [0.1, 0.15) is 6.04 Å². The third-order valence-electron chi connectivity index (χ3n) is 4.97. The zero-order valence-corrected chi connectivity index (χ0v) is 19.8. The number of nitrogens with one attached hydrogen (secondary N) is 2. The summed E-state index contributed by atoms with van der Waals surface area (Å²) in [6.07, 6.45) is 0.168. The van der Waals surface area contributed by atoms with Crippen molar-refractivity contribution < 1.29 is 22.7 Å². The summed E-state index contributed by atoms with van der Waals surface area (Å²) in [5, 5.41) is 3.30. The van der Waals surface area contributed by atoms with Gasteiger partial charge in [-0.1, -0.05) is 60.1 Å². The van der Waals surface area contributed by atoms with E-state index in [1.54, 1.807) is 18.2 Å². The SMILES string of the molecule is COc1ccc(S(=O)(=O)NC(Cc2ccccc2)C(=O)NCc2ccccc2Cl)cc1OC. The van der Waals surface area contributed by atoms with E-state index in [0.29, 0.717) is 10.8 Å².